The highest BCUT2D eigenvalue weighted by Gasteiger charge is 2.01. The van der Waals surface area contributed by atoms with Crippen molar-refractivity contribution in [2.75, 3.05) is 0 Å². The lowest BCUT2D eigenvalue weighted by molar-refractivity contribution is 0.474. The molecule has 92 valence electrons. The van der Waals surface area contributed by atoms with Gasteiger partial charge in [-0.2, -0.15) is 0 Å². The highest BCUT2D eigenvalue weighted by atomic mass is 35.5. The first-order valence-electron chi connectivity index (χ1n) is 5.35. The number of hydrogen-bond donors (Lipinski definition) is 1. The van der Waals surface area contributed by atoms with Crippen LogP contribution in [0.25, 0.3) is 0 Å². The van der Waals surface area contributed by atoms with Crippen molar-refractivity contribution in [1.82, 2.24) is 0 Å². The van der Waals surface area contributed by atoms with E-state index in [2.05, 4.69) is 4.99 Å². The lowest BCUT2D eigenvalue weighted by Crippen LogP contribution is -1.83. The standard InChI is InChI=1S/C14H11Cl2NO/c1-9-12(16)3-2-4-13(9)17-8-10-7-11(15)5-6-14(10)18/h2-8,18H,1H3. The average Bonchev–Trinajstić information content (AvgIpc) is 2.35. The van der Waals surface area contributed by atoms with Gasteiger partial charge in [-0.15, -0.1) is 0 Å². The molecule has 18 heavy (non-hydrogen) atoms. The maximum absolute atomic E-state index is 9.66. The summed E-state index contributed by atoms with van der Waals surface area (Å²) < 4.78 is 0. The summed E-state index contributed by atoms with van der Waals surface area (Å²) in [7, 11) is 0. The summed E-state index contributed by atoms with van der Waals surface area (Å²) >= 11 is 11.9. The Kier molecular flexibility index (Phi) is 3.90. The Morgan fingerprint density at radius 3 is 2.72 bits per heavy atom. The van der Waals surface area contributed by atoms with Gasteiger partial charge in [0, 0.05) is 21.8 Å². The molecule has 0 bridgehead atoms. The third-order valence-electron chi connectivity index (χ3n) is 2.57. The summed E-state index contributed by atoms with van der Waals surface area (Å²) in [5.74, 6) is 0.142. The number of aromatic hydroxyl groups is 1. The number of benzene rings is 2. The number of phenolic OH excluding ortho intramolecular Hbond substituents is 1. The Labute approximate surface area is 116 Å². The van der Waals surface area contributed by atoms with Crippen LogP contribution in [0.1, 0.15) is 11.1 Å². The van der Waals surface area contributed by atoms with Crippen LogP contribution in [0.5, 0.6) is 5.75 Å². The van der Waals surface area contributed by atoms with Gasteiger partial charge in [0.15, 0.2) is 0 Å². The number of aliphatic imine (C=N–C) groups is 1. The molecular formula is C14H11Cl2NO. The fourth-order valence-corrected chi connectivity index (χ4v) is 1.85. The molecular weight excluding hydrogens is 269 g/mol. The normalized spacial score (nSPS) is 11.1. The van der Waals surface area contributed by atoms with E-state index in [9.17, 15) is 5.11 Å². The van der Waals surface area contributed by atoms with Crippen molar-refractivity contribution in [2.45, 2.75) is 6.92 Å². The lowest BCUT2D eigenvalue weighted by atomic mass is 10.2. The van der Waals surface area contributed by atoms with E-state index in [1.54, 1.807) is 18.3 Å². The van der Waals surface area contributed by atoms with Gasteiger partial charge in [-0.3, -0.25) is 4.99 Å². The molecule has 2 aromatic rings. The Morgan fingerprint density at radius 2 is 1.94 bits per heavy atom. The van der Waals surface area contributed by atoms with Gasteiger partial charge in [0.2, 0.25) is 0 Å². The van der Waals surface area contributed by atoms with Crippen LogP contribution in [0.15, 0.2) is 41.4 Å². The smallest absolute Gasteiger partial charge is 0.124 e. The molecule has 1 N–H and O–H groups in total. The quantitative estimate of drug-likeness (QED) is 0.790. The molecule has 0 unspecified atom stereocenters. The molecule has 0 heterocycles. The molecule has 0 radical (unpaired) electrons. The largest absolute Gasteiger partial charge is 0.507 e. The number of rotatable bonds is 2. The third-order valence-corrected chi connectivity index (χ3v) is 3.22. The molecule has 0 saturated heterocycles. The van der Waals surface area contributed by atoms with Crippen LogP contribution in [0, 0.1) is 6.92 Å². The van der Waals surface area contributed by atoms with Crippen LogP contribution in [0.2, 0.25) is 10.0 Å². The fraction of sp³-hybridized carbons (Fsp3) is 0.0714. The van der Waals surface area contributed by atoms with Crippen molar-refractivity contribution < 1.29 is 5.11 Å². The summed E-state index contributed by atoms with van der Waals surface area (Å²) in [5.41, 5.74) is 2.24. The van der Waals surface area contributed by atoms with Crippen LogP contribution >= 0.6 is 23.2 Å². The van der Waals surface area contributed by atoms with Crippen LogP contribution in [-0.4, -0.2) is 11.3 Å². The molecule has 0 aliphatic heterocycles. The summed E-state index contributed by atoms with van der Waals surface area (Å²) in [6.07, 6.45) is 1.57. The zero-order valence-corrected chi connectivity index (χ0v) is 11.2. The SMILES string of the molecule is Cc1c(Cl)cccc1N=Cc1cc(Cl)ccc1O. The predicted octanol–water partition coefficient (Wildman–Crippen LogP) is 4.76. The number of halogens is 2. The van der Waals surface area contributed by atoms with Gasteiger partial charge >= 0.3 is 0 Å². The zero-order valence-electron chi connectivity index (χ0n) is 9.69. The van der Waals surface area contributed by atoms with Crippen LogP contribution in [0.4, 0.5) is 5.69 Å². The Balaban J connectivity index is 2.36. The molecule has 2 rings (SSSR count). The summed E-state index contributed by atoms with van der Waals surface area (Å²) in [5, 5.41) is 10.9. The van der Waals surface area contributed by atoms with E-state index in [1.807, 2.05) is 25.1 Å². The first kappa shape index (κ1) is 12.9. The number of nitrogens with zero attached hydrogens (tertiary/aromatic N) is 1. The summed E-state index contributed by atoms with van der Waals surface area (Å²) in [4.78, 5) is 4.31. The topological polar surface area (TPSA) is 32.6 Å². The first-order valence-corrected chi connectivity index (χ1v) is 6.11. The summed E-state index contributed by atoms with van der Waals surface area (Å²) in [6.45, 7) is 1.90. The minimum Gasteiger partial charge on any atom is -0.507 e. The second-order valence-corrected chi connectivity index (χ2v) is 4.69. The molecule has 4 heteroatoms. The highest BCUT2D eigenvalue weighted by Crippen LogP contribution is 2.26. The van der Waals surface area contributed by atoms with Crippen LogP contribution < -0.4 is 0 Å². The molecule has 0 atom stereocenters. The maximum Gasteiger partial charge on any atom is 0.124 e. The van der Waals surface area contributed by atoms with E-state index in [4.69, 9.17) is 23.2 Å². The highest BCUT2D eigenvalue weighted by molar-refractivity contribution is 6.31. The monoisotopic (exact) mass is 279 g/mol. The Hall–Kier alpha value is -1.51. The van der Waals surface area contributed by atoms with Crippen molar-refractivity contribution >= 4 is 35.1 Å². The van der Waals surface area contributed by atoms with Gasteiger partial charge in [-0.05, 0) is 42.8 Å². The first-order chi connectivity index (χ1) is 8.58. The van der Waals surface area contributed by atoms with Gasteiger partial charge in [-0.25, -0.2) is 0 Å². The molecule has 0 aliphatic carbocycles. The van der Waals surface area contributed by atoms with E-state index < -0.39 is 0 Å². The van der Waals surface area contributed by atoms with Gasteiger partial charge in [0.25, 0.3) is 0 Å². The van der Waals surface area contributed by atoms with Crippen LogP contribution in [0.3, 0.4) is 0 Å². The van der Waals surface area contributed by atoms with Crippen molar-refractivity contribution in [3.05, 3.63) is 57.6 Å². The van der Waals surface area contributed by atoms with Gasteiger partial charge < -0.3 is 5.11 Å². The van der Waals surface area contributed by atoms with E-state index >= 15 is 0 Å². The predicted molar refractivity (Wildman–Crippen MR) is 76.6 cm³/mol. The van der Waals surface area contributed by atoms with Gasteiger partial charge in [0.05, 0.1) is 5.69 Å². The second-order valence-electron chi connectivity index (χ2n) is 3.85. The van der Waals surface area contributed by atoms with E-state index in [0.29, 0.717) is 15.6 Å². The Bertz CT molecular complexity index is 605. The lowest BCUT2D eigenvalue weighted by Gasteiger charge is -2.02. The van der Waals surface area contributed by atoms with Gasteiger partial charge in [0.1, 0.15) is 5.75 Å². The van der Waals surface area contributed by atoms with Crippen molar-refractivity contribution in [1.29, 1.82) is 0 Å². The van der Waals surface area contributed by atoms with Crippen LogP contribution in [-0.2, 0) is 0 Å². The van der Waals surface area contributed by atoms with Crippen molar-refractivity contribution in [3.63, 3.8) is 0 Å². The van der Waals surface area contributed by atoms with E-state index in [1.165, 1.54) is 6.07 Å². The molecule has 0 spiro atoms. The molecule has 0 saturated carbocycles. The fourth-order valence-electron chi connectivity index (χ4n) is 1.50. The second kappa shape index (κ2) is 5.42. The Morgan fingerprint density at radius 1 is 1.17 bits per heavy atom. The number of hydrogen-bond acceptors (Lipinski definition) is 2. The number of phenols is 1. The van der Waals surface area contributed by atoms with E-state index in [0.717, 1.165) is 11.3 Å². The average molecular weight is 280 g/mol. The molecule has 2 aromatic carbocycles. The van der Waals surface area contributed by atoms with Crippen molar-refractivity contribution in [2.24, 2.45) is 4.99 Å². The minimum absolute atomic E-state index is 0.142. The molecule has 0 aromatic heterocycles. The molecule has 0 aliphatic rings. The maximum atomic E-state index is 9.66. The third kappa shape index (κ3) is 2.84. The minimum atomic E-state index is 0.142. The molecule has 0 fully saturated rings. The van der Waals surface area contributed by atoms with Crippen molar-refractivity contribution in [3.8, 4) is 5.75 Å². The molecule has 0 amide bonds. The van der Waals surface area contributed by atoms with E-state index in [-0.39, 0.29) is 5.75 Å². The van der Waals surface area contributed by atoms with Gasteiger partial charge in [-0.1, -0.05) is 29.3 Å². The molecule has 2 nitrogen and oxygen atoms in total. The zero-order chi connectivity index (χ0) is 13.1. The summed E-state index contributed by atoms with van der Waals surface area (Å²) in [6, 6.07) is 10.3.